The first-order valence-corrected chi connectivity index (χ1v) is 7.10. The zero-order valence-electron chi connectivity index (χ0n) is 12.4. The highest BCUT2D eigenvalue weighted by Crippen LogP contribution is 2.21. The van der Waals surface area contributed by atoms with E-state index in [4.69, 9.17) is 14.2 Å². The van der Waals surface area contributed by atoms with Crippen molar-refractivity contribution in [3.63, 3.8) is 0 Å². The van der Waals surface area contributed by atoms with Gasteiger partial charge in [-0.15, -0.1) is 0 Å². The lowest BCUT2D eigenvalue weighted by atomic mass is 10.3. The average Bonchev–Trinajstić information content (AvgIpc) is 2.43. The molecule has 0 aromatic heterocycles. The van der Waals surface area contributed by atoms with Crippen LogP contribution in [0, 0.1) is 0 Å². The Bertz CT molecular complexity index is 233. The highest BCUT2D eigenvalue weighted by atomic mass is 19.3. The molecule has 0 radical (unpaired) electrons. The van der Waals surface area contributed by atoms with Gasteiger partial charge >= 0.3 is 12.3 Å². The molecule has 0 aliphatic rings. The van der Waals surface area contributed by atoms with E-state index in [9.17, 15) is 17.6 Å². The molecule has 0 aromatic carbocycles. The quantitative estimate of drug-likeness (QED) is 0.371. The van der Waals surface area contributed by atoms with Crippen molar-refractivity contribution in [2.45, 2.75) is 32.1 Å². The van der Waals surface area contributed by atoms with Gasteiger partial charge in [0.25, 0.3) is 0 Å². The summed E-state index contributed by atoms with van der Waals surface area (Å²) in [6.45, 7) is 3.71. The number of hydrogen-bond donors (Lipinski definition) is 1. The Kier molecular flexibility index (Phi) is 13.0. The normalized spacial score (nSPS) is 12.3. The van der Waals surface area contributed by atoms with Crippen molar-refractivity contribution in [2.24, 2.45) is 0 Å². The van der Waals surface area contributed by atoms with Crippen LogP contribution in [0.2, 0.25) is 0 Å². The van der Waals surface area contributed by atoms with Gasteiger partial charge in [-0.2, -0.15) is 8.78 Å². The summed E-state index contributed by atoms with van der Waals surface area (Å²) in [6.07, 6.45) is -1.54. The van der Waals surface area contributed by atoms with E-state index < -0.39 is 18.9 Å². The molecular weight excluding hydrogens is 294 g/mol. The smallest absolute Gasteiger partial charge is 0.319 e. The first kappa shape index (κ1) is 20.6. The minimum absolute atomic E-state index is 0.0858. The van der Waals surface area contributed by atoms with Crippen LogP contribution in [0.3, 0.4) is 0 Å². The minimum Gasteiger partial charge on any atom is -0.379 e. The molecule has 0 rings (SSSR count). The standard InChI is InChI=1S/C13H25F4NO3/c1-2-3-5-19-7-9-21-10-8-20-6-4-18-11-13(16,17)12(14)15/h12,18H,2-11H2,1H3. The number of halogens is 4. The molecular formula is C13H25F4NO3. The van der Waals surface area contributed by atoms with Gasteiger partial charge in [-0.1, -0.05) is 13.3 Å². The van der Waals surface area contributed by atoms with Crippen molar-refractivity contribution < 1.29 is 31.8 Å². The second-order valence-corrected chi connectivity index (χ2v) is 4.43. The van der Waals surface area contributed by atoms with Crippen LogP contribution < -0.4 is 5.32 Å². The SMILES string of the molecule is CCCCOCCOCCOCCNCC(F)(F)C(F)F. The maximum Gasteiger partial charge on any atom is 0.319 e. The molecule has 0 spiro atoms. The number of rotatable bonds is 15. The van der Waals surface area contributed by atoms with Gasteiger partial charge in [0.05, 0.1) is 39.6 Å². The maximum atomic E-state index is 12.5. The van der Waals surface area contributed by atoms with Crippen LogP contribution in [0.15, 0.2) is 0 Å². The summed E-state index contributed by atoms with van der Waals surface area (Å²) in [5.41, 5.74) is 0. The molecule has 0 saturated heterocycles. The molecule has 0 unspecified atom stereocenters. The van der Waals surface area contributed by atoms with Crippen LogP contribution in [0.5, 0.6) is 0 Å². The number of nitrogens with one attached hydrogen (secondary N) is 1. The lowest BCUT2D eigenvalue weighted by Gasteiger charge is -2.15. The van der Waals surface area contributed by atoms with Gasteiger partial charge in [-0.05, 0) is 6.42 Å². The second-order valence-electron chi connectivity index (χ2n) is 4.43. The zero-order chi connectivity index (χ0) is 16.0. The molecule has 4 nitrogen and oxygen atoms in total. The Labute approximate surface area is 123 Å². The molecule has 0 aliphatic heterocycles. The fraction of sp³-hybridized carbons (Fsp3) is 1.00. The van der Waals surface area contributed by atoms with Crippen molar-refractivity contribution in [1.29, 1.82) is 0 Å². The van der Waals surface area contributed by atoms with E-state index in [1.54, 1.807) is 0 Å². The Morgan fingerprint density at radius 1 is 0.905 bits per heavy atom. The highest BCUT2D eigenvalue weighted by molar-refractivity contribution is 4.71. The number of ether oxygens (including phenoxy) is 3. The predicted molar refractivity (Wildman–Crippen MR) is 71.2 cm³/mol. The topological polar surface area (TPSA) is 39.7 Å². The van der Waals surface area contributed by atoms with Crippen LogP contribution in [0.4, 0.5) is 17.6 Å². The van der Waals surface area contributed by atoms with Crippen molar-refractivity contribution in [3.05, 3.63) is 0 Å². The Hall–Kier alpha value is -0.440. The van der Waals surface area contributed by atoms with E-state index >= 15 is 0 Å². The first-order chi connectivity index (χ1) is 10.0. The van der Waals surface area contributed by atoms with Crippen molar-refractivity contribution in [1.82, 2.24) is 5.32 Å². The summed E-state index contributed by atoms with van der Waals surface area (Å²) in [7, 11) is 0. The zero-order valence-corrected chi connectivity index (χ0v) is 12.4. The Balaban J connectivity index is 3.16. The van der Waals surface area contributed by atoms with Gasteiger partial charge in [0.1, 0.15) is 0 Å². The molecule has 0 fully saturated rings. The molecule has 0 bridgehead atoms. The third kappa shape index (κ3) is 13.0. The van der Waals surface area contributed by atoms with E-state index in [-0.39, 0.29) is 13.2 Å². The molecule has 1 N–H and O–H groups in total. The molecule has 0 aliphatic carbocycles. The molecule has 0 amide bonds. The molecule has 0 atom stereocenters. The van der Waals surface area contributed by atoms with Gasteiger partial charge < -0.3 is 19.5 Å². The summed E-state index contributed by atoms with van der Waals surface area (Å²) in [5.74, 6) is -4.00. The minimum atomic E-state index is -4.00. The van der Waals surface area contributed by atoms with Gasteiger partial charge in [0, 0.05) is 13.2 Å². The molecule has 0 aromatic rings. The lowest BCUT2D eigenvalue weighted by Crippen LogP contribution is -2.40. The third-order valence-electron chi connectivity index (χ3n) is 2.49. The fourth-order valence-corrected chi connectivity index (χ4v) is 1.26. The summed E-state index contributed by atoms with van der Waals surface area (Å²) in [4.78, 5) is 0. The van der Waals surface area contributed by atoms with Crippen molar-refractivity contribution >= 4 is 0 Å². The summed E-state index contributed by atoms with van der Waals surface area (Å²) < 4.78 is 64.2. The highest BCUT2D eigenvalue weighted by Gasteiger charge is 2.39. The third-order valence-corrected chi connectivity index (χ3v) is 2.49. The molecule has 0 heterocycles. The van der Waals surface area contributed by atoms with Crippen molar-refractivity contribution in [3.8, 4) is 0 Å². The first-order valence-electron chi connectivity index (χ1n) is 7.10. The van der Waals surface area contributed by atoms with Gasteiger partial charge in [0.15, 0.2) is 0 Å². The lowest BCUT2D eigenvalue weighted by molar-refractivity contribution is -0.125. The van der Waals surface area contributed by atoms with E-state index in [1.807, 2.05) is 0 Å². The molecule has 128 valence electrons. The molecule has 0 saturated carbocycles. The maximum absolute atomic E-state index is 12.5. The fourth-order valence-electron chi connectivity index (χ4n) is 1.26. The number of unbranched alkanes of at least 4 members (excludes halogenated alkanes) is 1. The number of alkyl halides is 4. The van der Waals surface area contributed by atoms with Gasteiger partial charge in [-0.3, -0.25) is 0 Å². The number of hydrogen-bond acceptors (Lipinski definition) is 4. The second kappa shape index (κ2) is 13.2. The van der Waals surface area contributed by atoms with E-state index in [0.29, 0.717) is 26.4 Å². The molecule has 21 heavy (non-hydrogen) atoms. The largest absolute Gasteiger partial charge is 0.379 e. The van der Waals surface area contributed by atoms with Crippen LogP contribution in [-0.4, -0.2) is 65.1 Å². The van der Waals surface area contributed by atoms with Crippen molar-refractivity contribution in [2.75, 3.05) is 52.7 Å². The van der Waals surface area contributed by atoms with E-state index in [2.05, 4.69) is 12.2 Å². The van der Waals surface area contributed by atoms with Crippen LogP contribution >= 0.6 is 0 Å². The molecule has 8 heteroatoms. The van der Waals surface area contributed by atoms with E-state index in [1.165, 1.54) is 0 Å². The van der Waals surface area contributed by atoms with Gasteiger partial charge in [0.2, 0.25) is 0 Å². The average molecular weight is 319 g/mol. The van der Waals surface area contributed by atoms with E-state index in [0.717, 1.165) is 19.4 Å². The summed E-state index contributed by atoms with van der Waals surface area (Å²) in [6, 6.07) is 0. The Morgan fingerprint density at radius 2 is 1.43 bits per heavy atom. The predicted octanol–water partition coefficient (Wildman–Crippen LogP) is 2.33. The van der Waals surface area contributed by atoms with Gasteiger partial charge in [-0.25, -0.2) is 8.78 Å². The summed E-state index contributed by atoms with van der Waals surface area (Å²) >= 11 is 0. The Morgan fingerprint density at radius 3 is 1.95 bits per heavy atom. The van der Waals surface area contributed by atoms with Crippen LogP contribution in [0.1, 0.15) is 19.8 Å². The monoisotopic (exact) mass is 319 g/mol. The van der Waals surface area contributed by atoms with Crippen LogP contribution in [0.25, 0.3) is 0 Å². The van der Waals surface area contributed by atoms with Crippen LogP contribution in [-0.2, 0) is 14.2 Å². The summed E-state index contributed by atoms with van der Waals surface area (Å²) in [5, 5.41) is 2.22.